The zero-order chi connectivity index (χ0) is 14.7. The van der Waals surface area contributed by atoms with E-state index in [1.54, 1.807) is 0 Å². The molecule has 0 saturated carbocycles. The molecule has 0 aromatic heterocycles. The van der Waals surface area contributed by atoms with Crippen LogP contribution in [0.15, 0.2) is 0 Å². The molecule has 18 heavy (non-hydrogen) atoms. The Morgan fingerprint density at radius 3 is 1.39 bits per heavy atom. The van der Waals surface area contributed by atoms with Gasteiger partial charge in [-0.1, -0.05) is 39.0 Å². The summed E-state index contributed by atoms with van der Waals surface area (Å²) in [5, 5.41) is 0. The Balaban J connectivity index is 0. The van der Waals surface area contributed by atoms with E-state index in [9.17, 15) is 17.3 Å². The van der Waals surface area contributed by atoms with Crippen molar-refractivity contribution in [2.24, 2.45) is 0 Å². The van der Waals surface area contributed by atoms with E-state index in [1.807, 2.05) is 0 Å². The van der Waals surface area contributed by atoms with Crippen molar-refractivity contribution in [3.05, 3.63) is 0 Å². The summed E-state index contributed by atoms with van der Waals surface area (Å²) in [7, 11) is -6.48. The molecule has 0 nitrogen and oxygen atoms in total. The van der Waals surface area contributed by atoms with Gasteiger partial charge in [0.2, 0.25) is 0 Å². The molecule has 0 amide bonds. The van der Waals surface area contributed by atoms with E-state index in [1.165, 1.54) is 51.1 Å². The highest BCUT2D eigenvalue weighted by Crippen LogP contribution is 2.47. The molecule has 6 heteroatoms. The molecule has 0 heterocycles. The van der Waals surface area contributed by atoms with Crippen LogP contribution in [0.3, 0.4) is 0 Å². The molecular formula is C12H28BF4P. The van der Waals surface area contributed by atoms with Gasteiger partial charge < -0.3 is 17.3 Å². The number of hydrogen-bond acceptors (Lipinski definition) is 0. The normalized spacial score (nSPS) is 12.0. The maximum Gasteiger partial charge on any atom is 0.673 e. The monoisotopic (exact) mass is 290 g/mol. The summed E-state index contributed by atoms with van der Waals surface area (Å²) in [6, 6.07) is 0. The van der Waals surface area contributed by atoms with E-state index < -0.39 is 14.5 Å². The Bertz CT molecular complexity index is 172. The second-order valence-corrected chi connectivity index (χ2v) is 10.7. The Morgan fingerprint density at radius 1 is 0.722 bits per heavy atom. The topological polar surface area (TPSA) is 0 Å². The van der Waals surface area contributed by atoms with E-state index >= 15 is 0 Å². The van der Waals surface area contributed by atoms with Crippen LogP contribution >= 0.6 is 7.26 Å². The highest BCUT2D eigenvalue weighted by atomic mass is 31.2. The summed E-state index contributed by atoms with van der Waals surface area (Å²) in [5.74, 6) is 0. The summed E-state index contributed by atoms with van der Waals surface area (Å²) in [4.78, 5) is 0. The summed E-state index contributed by atoms with van der Waals surface area (Å²) < 4.78 is 39.0. The molecule has 0 fully saturated rings. The van der Waals surface area contributed by atoms with Gasteiger partial charge in [0.05, 0.1) is 6.16 Å². The van der Waals surface area contributed by atoms with E-state index in [0.717, 1.165) is 0 Å². The van der Waals surface area contributed by atoms with Gasteiger partial charge in [-0.15, -0.1) is 0 Å². The first-order valence-corrected chi connectivity index (χ1v) is 10.1. The molecule has 0 aromatic carbocycles. The van der Waals surface area contributed by atoms with Crippen LogP contribution in [0.1, 0.15) is 51.9 Å². The number of halogens is 4. The van der Waals surface area contributed by atoms with E-state index in [2.05, 4.69) is 26.9 Å². The van der Waals surface area contributed by atoms with E-state index in [0.29, 0.717) is 0 Å². The summed E-state index contributed by atoms with van der Waals surface area (Å²) >= 11 is 0. The number of rotatable bonds is 8. The lowest BCUT2D eigenvalue weighted by molar-refractivity contribution is 0.368. The fourth-order valence-corrected chi connectivity index (χ4v) is 2.72. The molecule has 0 unspecified atom stereocenters. The SMILES string of the molecule is CCCCCCCCC[P+](C)(C)C.F[B-](F)(F)F. The largest absolute Gasteiger partial charge is 0.673 e. The summed E-state index contributed by atoms with van der Waals surface area (Å²) in [5.41, 5.74) is 0. The maximum atomic E-state index is 9.75. The molecule has 0 aliphatic heterocycles. The molecule has 0 saturated heterocycles. The Labute approximate surface area is 110 Å². The van der Waals surface area contributed by atoms with Crippen molar-refractivity contribution in [3.63, 3.8) is 0 Å². The predicted molar refractivity (Wildman–Crippen MR) is 77.7 cm³/mol. The second-order valence-electron chi connectivity index (χ2n) is 5.63. The first-order valence-electron chi connectivity index (χ1n) is 6.74. The van der Waals surface area contributed by atoms with Gasteiger partial charge in [0, 0.05) is 27.3 Å². The molecule has 112 valence electrons. The van der Waals surface area contributed by atoms with Crippen LogP contribution in [0.25, 0.3) is 0 Å². The third kappa shape index (κ3) is 36.0. The molecular weight excluding hydrogens is 262 g/mol. The van der Waals surface area contributed by atoms with Gasteiger partial charge in [-0.25, -0.2) is 0 Å². The van der Waals surface area contributed by atoms with Gasteiger partial charge in [-0.05, 0) is 12.8 Å². The molecule has 0 atom stereocenters. The lowest BCUT2D eigenvalue weighted by atomic mass is 10.1. The van der Waals surface area contributed by atoms with Crippen molar-refractivity contribution in [2.45, 2.75) is 51.9 Å². The van der Waals surface area contributed by atoms with Crippen LogP contribution in [-0.4, -0.2) is 33.4 Å². The lowest BCUT2D eigenvalue weighted by Gasteiger charge is -2.10. The molecule has 0 spiro atoms. The van der Waals surface area contributed by atoms with Crippen LogP contribution in [0.4, 0.5) is 17.3 Å². The van der Waals surface area contributed by atoms with Crippen LogP contribution in [0, 0.1) is 0 Å². The van der Waals surface area contributed by atoms with Gasteiger partial charge >= 0.3 is 7.25 Å². The highest BCUT2D eigenvalue weighted by molar-refractivity contribution is 7.73. The average molecular weight is 290 g/mol. The van der Waals surface area contributed by atoms with Gasteiger partial charge in [-0.2, -0.15) is 0 Å². The molecule has 0 aliphatic carbocycles. The first-order chi connectivity index (χ1) is 8.06. The summed E-state index contributed by atoms with van der Waals surface area (Å²) in [6.45, 7) is 9.63. The smallest absolute Gasteiger partial charge is 0.418 e. The van der Waals surface area contributed by atoms with Crippen molar-refractivity contribution >= 4 is 14.5 Å². The van der Waals surface area contributed by atoms with Crippen LogP contribution in [0.2, 0.25) is 0 Å². The van der Waals surface area contributed by atoms with E-state index in [4.69, 9.17) is 0 Å². The molecule has 0 bridgehead atoms. The minimum absolute atomic E-state index is 0.477. The highest BCUT2D eigenvalue weighted by Gasteiger charge is 2.20. The minimum Gasteiger partial charge on any atom is -0.418 e. The van der Waals surface area contributed by atoms with Gasteiger partial charge in [0.15, 0.2) is 0 Å². The average Bonchev–Trinajstić information content (AvgIpc) is 2.12. The first kappa shape index (κ1) is 20.5. The van der Waals surface area contributed by atoms with Crippen molar-refractivity contribution in [1.82, 2.24) is 0 Å². The molecule has 0 rings (SSSR count). The van der Waals surface area contributed by atoms with Crippen molar-refractivity contribution < 1.29 is 17.3 Å². The summed E-state index contributed by atoms with van der Waals surface area (Å²) in [6.07, 6.45) is 11.7. The third-order valence-electron chi connectivity index (χ3n) is 2.43. The molecule has 0 aliphatic rings. The fourth-order valence-electron chi connectivity index (χ4n) is 1.54. The zero-order valence-corrected chi connectivity index (χ0v) is 13.1. The van der Waals surface area contributed by atoms with Crippen LogP contribution in [0.5, 0.6) is 0 Å². The Morgan fingerprint density at radius 2 is 1.06 bits per heavy atom. The predicted octanol–water partition coefficient (Wildman–Crippen LogP) is 5.94. The lowest BCUT2D eigenvalue weighted by Crippen LogP contribution is -2.02. The van der Waals surface area contributed by atoms with Gasteiger partial charge in [0.1, 0.15) is 0 Å². The molecule has 0 radical (unpaired) electrons. The third-order valence-corrected chi connectivity index (χ3v) is 4.09. The molecule has 0 N–H and O–H groups in total. The van der Waals surface area contributed by atoms with Crippen LogP contribution < -0.4 is 0 Å². The van der Waals surface area contributed by atoms with E-state index in [-0.39, 0.29) is 0 Å². The van der Waals surface area contributed by atoms with Crippen molar-refractivity contribution in [1.29, 1.82) is 0 Å². The molecule has 0 aromatic rings. The Kier molecular flexibility index (Phi) is 12.6. The fraction of sp³-hybridized carbons (Fsp3) is 1.00. The quantitative estimate of drug-likeness (QED) is 0.224. The number of unbranched alkanes of at least 4 members (excludes halogenated alkanes) is 6. The Hall–Kier alpha value is 0.215. The van der Waals surface area contributed by atoms with Gasteiger partial charge in [-0.3, -0.25) is 0 Å². The van der Waals surface area contributed by atoms with Crippen molar-refractivity contribution in [3.8, 4) is 0 Å². The standard InChI is InChI=1S/C12H28P.BF4/c1-5-6-7-8-9-10-11-12-13(2,3)4;2-1(3,4)5/h5-12H2,1-4H3;/q+1;-1. The second kappa shape index (κ2) is 11.1. The van der Waals surface area contributed by atoms with Crippen LogP contribution in [-0.2, 0) is 0 Å². The maximum absolute atomic E-state index is 9.75. The van der Waals surface area contributed by atoms with Gasteiger partial charge in [0.25, 0.3) is 0 Å². The zero-order valence-electron chi connectivity index (χ0n) is 12.2. The number of hydrogen-bond donors (Lipinski definition) is 0. The van der Waals surface area contributed by atoms with Crippen molar-refractivity contribution in [2.75, 3.05) is 26.2 Å². The minimum atomic E-state index is -6.00.